The van der Waals surface area contributed by atoms with Gasteiger partial charge in [-0.2, -0.15) is 0 Å². The molecule has 2 heterocycles. The third-order valence-corrected chi connectivity index (χ3v) is 3.22. The minimum absolute atomic E-state index is 0.0311. The second kappa shape index (κ2) is 6.07. The van der Waals surface area contributed by atoms with Crippen molar-refractivity contribution < 1.29 is 9.84 Å². The summed E-state index contributed by atoms with van der Waals surface area (Å²) in [5, 5.41) is 9.25. The minimum atomic E-state index is 0.0311. The van der Waals surface area contributed by atoms with Crippen molar-refractivity contribution in [3.8, 4) is 0 Å². The standard InChI is InChI=1S/C13H20N2O2/c1-2-3-12-11(9-16)8-14-13(15-12)10-4-6-17-7-5-10/h8,10,16H,2-7,9H2,1H3. The number of hydrogen-bond donors (Lipinski definition) is 1. The van der Waals surface area contributed by atoms with Crippen LogP contribution in [-0.4, -0.2) is 28.3 Å². The number of aromatic nitrogens is 2. The minimum Gasteiger partial charge on any atom is -0.392 e. The van der Waals surface area contributed by atoms with Crippen molar-refractivity contribution >= 4 is 0 Å². The van der Waals surface area contributed by atoms with Gasteiger partial charge >= 0.3 is 0 Å². The first kappa shape index (κ1) is 12.5. The number of ether oxygens (including phenoxy) is 1. The Labute approximate surface area is 102 Å². The summed E-state index contributed by atoms with van der Waals surface area (Å²) in [6.45, 7) is 3.76. The Bertz CT molecular complexity index is 362. The van der Waals surface area contributed by atoms with E-state index in [-0.39, 0.29) is 6.61 Å². The highest BCUT2D eigenvalue weighted by Gasteiger charge is 2.19. The monoisotopic (exact) mass is 236 g/mol. The van der Waals surface area contributed by atoms with Crippen LogP contribution in [0.15, 0.2) is 6.20 Å². The van der Waals surface area contributed by atoms with E-state index in [2.05, 4.69) is 16.9 Å². The maximum Gasteiger partial charge on any atom is 0.131 e. The second-order valence-electron chi connectivity index (χ2n) is 4.49. The molecule has 0 spiro atoms. The van der Waals surface area contributed by atoms with Gasteiger partial charge in [0.2, 0.25) is 0 Å². The lowest BCUT2D eigenvalue weighted by Crippen LogP contribution is -2.17. The van der Waals surface area contributed by atoms with Crippen molar-refractivity contribution in [1.82, 2.24) is 9.97 Å². The van der Waals surface area contributed by atoms with Crippen LogP contribution in [0.1, 0.15) is 49.2 Å². The van der Waals surface area contributed by atoms with Crippen LogP contribution in [0.2, 0.25) is 0 Å². The number of aryl methyl sites for hydroxylation is 1. The average Bonchev–Trinajstić information content (AvgIpc) is 2.40. The molecular weight excluding hydrogens is 216 g/mol. The molecule has 0 saturated carbocycles. The Hall–Kier alpha value is -1.00. The molecule has 0 bridgehead atoms. The van der Waals surface area contributed by atoms with E-state index in [4.69, 9.17) is 4.74 Å². The van der Waals surface area contributed by atoms with Gasteiger partial charge in [0.25, 0.3) is 0 Å². The molecular formula is C13H20N2O2. The molecule has 4 heteroatoms. The lowest BCUT2D eigenvalue weighted by Gasteiger charge is -2.21. The van der Waals surface area contributed by atoms with Crippen LogP contribution in [0.3, 0.4) is 0 Å². The summed E-state index contributed by atoms with van der Waals surface area (Å²) in [5.41, 5.74) is 1.87. The van der Waals surface area contributed by atoms with Gasteiger partial charge in [-0.3, -0.25) is 0 Å². The lowest BCUT2D eigenvalue weighted by molar-refractivity contribution is 0.0835. The topological polar surface area (TPSA) is 55.2 Å². The van der Waals surface area contributed by atoms with Crippen molar-refractivity contribution in [3.63, 3.8) is 0 Å². The Kier molecular flexibility index (Phi) is 4.45. The van der Waals surface area contributed by atoms with Crippen molar-refractivity contribution in [3.05, 3.63) is 23.3 Å². The van der Waals surface area contributed by atoms with Crippen molar-refractivity contribution in [1.29, 1.82) is 0 Å². The third-order valence-electron chi connectivity index (χ3n) is 3.22. The zero-order chi connectivity index (χ0) is 12.1. The third kappa shape index (κ3) is 3.01. The Morgan fingerprint density at radius 3 is 2.82 bits per heavy atom. The van der Waals surface area contributed by atoms with Crippen LogP contribution in [0, 0.1) is 0 Å². The predicted octanol–water partition coefficient (Wildman–Crippen LogP) is 1.82. The zero-order valence-corrected chi connectivity index (χ0v) is 10.4. The number of hydrogen-bond acceptors (Lipinski definition) is 4. The number of aliphatic hydroxyl groups excluding tert-OH is 1. The van der Waals surface area contributed by atoms with Crippen LogP contribution in [0.25, 0.3) is 0 Å². The van der Waals surface area contributed by atoms with Gasteiger partial charge in [0, 0.05) is 36.6 Å². The molecule has 1 fully saturated rings. The fraction of sp³-hybridized carbons (Fsp3) is 0.692. The molecule has 1 aromatic rings. The van der Waals surface area contributed by atoms with E-state index in [9.17, 15) is 5.11 Å². The van der Waals surface area contributed by atoms with Crippen LogP contribution < -0.4 is 0 Å². The van der Waals surface area contributed by atoms with Crippen LogP contribution >= 0.6 is 0 Å². The lowest BCUT2D eigenvalue weighted by atomic mass is 9.99. The summed E-state index contributed by atoms with van der Waals surface area (Å²) in [6.07, 6.45) is 5.74. The van der Waals surface area contributed by atoms with Gasteiger partial charge < -0.3 is 9.84 Å². The van der Waals surface area contributed by atoms with E-state index < -0.39 is 0 Å². The first-order valence-electron chi connectivity index (χ1n) is 6.38. The van der Waals surface area contributed by atoms with E-state index in [1.807, 2.05) is 0 Å². The smallest absolute Gasteiger partial charge is 0.131 e. The number of aliphatic hydroxyl groups is 1. The summed E-state index contributed by atoms with van der Waals surface area (Å²) in [4.78, 5) is 9.02. The molecule has 1 N–H and O–H groups in total. The summed E-state index contributed by atoms with van der Waals surface area (Å²) in [5.74, 6) is 1.35. The Balaban J connectivity index is 2.19. The summed E-state index contributed by atoms with van der Waals surface area (Å²) >= 11 is 0. The van der Waals surface area contributed by atoms with E-state index in [1.54, 1.807) is 6.20 Å². The molecule has 0 aliphatic carbocycles. The van der Waals surface area contributed by atoms with E-state index in [0.717, 1.165) is 56.0 Å². The van der Waals surface area contributed by atoms with Gasteiger partial charge in [-0.25, -0.2) is 9.97 Å². The van der Waals surface area contributed by atoms with Gasteiger partial charge in [-0.1, -0.05) is 13.3 Å². The van der Waals surface area contributed by atoms with Gasteiger partial charge in [-0.15, -0.1) is 0 Å². The molecule has 0 amide bonds. The first-order valence-corrected chi connectivity index (χ1v) is 6.38. The molecule has 1 saturated heterocycles. The molecule has 0 unspecified atom stereocenters. The fourth-order valence-corrected chi connectivity index (χ4v) is 2.20. The normalized spacial score (nSPS) is 17.3. The van der Waals surface area contributed by atoms with Crippen molar-refractivity contribution in [2.45, 2.75) is 45.1 Å². The van der Waals surface area contributed by atoms with Gasteiger partial charge in [0.1, 0.15) is 5.82 Å². The summed E-state index contributed by atoms with van der Waals surface area (Å²) in [7, 11) is 0. The molecule has 1 aliphatic heterocycles. The second-order valence-corrected chi connectivity index (χ2v) is 4.49. The molecule has 94 valence electrons. The molecule has 1 aromatic heterocycles. The predicted molar refractivity (Wildman–Crippen MR) is 64.7 cm³/mol. The largest absolute Gasteiger partial charge is 0.392 e. The highest BCUT2D eigenvalue weighted by Crippen LogP contribution is 2.24. The fourth-order valence-electron chi connectivity index (χ4n) is 2.20. The molecule has 1 aliphatic rings. The molecule has 2 rings (SSSR count). The summed E-state index contributed by atoms with van der Waals surface area (Å²) < 4.78 is 5.35. The maximum atomic E-state index is 9.25. The Morgan fingerprint density at radius 1 is 1.41 bits per heavy atom. The number of nitrogens with zero attached hydrogens (tertiary/aromatic N) is 2. The van der Waals surface area contributed by atoms with Crippen molar-refractivity contribution in [2.24, 2.45) is 0 Å². The molecule has 0 atom stereocenters. The molecule has 17 heavy (non-hydrogen) atoms. The van der Waals surface area contributed by atoms with E-state index in [0.29, 0.717) is 5.92 Å². The maximum absolute atomic E-state index is 9.25. The van der Waals surface area contributed by atoms with Crippen LogP contribution in [0.5, 0.6) is 0 Å². The summed E-state index contributed by atoms with van der Waals surface area (Å²) in [6, 6.07) is 0. The molecule has 0 aromatic carbocycles. The van der Waals surface area contributed by atoms with E-state index in [1.165, 1.54) is 0 Å². The molecule has 4 nitrogen and oxygen atoms in total. The Morgan fingerprint density at radius 2 is 2.18 bits per heavy atom. The van der Waals surface area contributed by atoms with Gasteiger partial charge in [0.15, 0.2) is 0 Å². The quantitative estimate of drug-likeness (QED) is 0.866. The number of rotatable bonds is 4. The molecule has 0 radical (unpaired) electrons. The van der Waals surface area contributed by atoms with Gasteiger partial charge in [0.05, 0.1) is 6.61 Å². The van der Waals surface area contributed by atoms with Crippen molar-refractivity contribution in [2.75, 3.05) is 13.2 Å². The van der Waals surface area contributed by atoms with Crippen LogP contribution in [-0.2, 0) is 17.8 Å². The highest BCUT2D eigenvalue weighted by atomic mass is 16.5. The zero-order valence-electron chi connectivity index (χ0n) is 10.4. The van der Waals surface area contributed by atoms with Gasteiger partial charge in [-0.05, 0) is 19.3 Å². The SMILES string of the molecule is CCCc1nc(C2CCOCC2)ncc1CO. The average molecular weight is 236 g/mol. The van der Waals surface area contributed by atoms with E-state index >= 15 is 0 Å². The van der Waals surface area contributed by atoms with Crippen LogP contribution in [0.4, 0.5) is 0 Å². The first-order chi connectivity index (χ1) is 8.35. The highest BCUT2D eigenvalue weighted by molar-refractivity contribution is 5.18.